The first-order valence-corrected chi connectivity index (χ1v) is 6.33. The molecule has 0 aromatic carbocycles. The highest BCUT2D eigenvalue weighted by Crippen LogP contribution is 2.63. The first kappa shape index (κ1) is 9.75. The predicted octanol–water partition coefficient (Wildman–Crippen LogP) is 3.99. The van der Waals surface area contributed by atoms with Crippen molar-refractivity contribution in [2.24, 2.45) is 11.8 Å². The van der Waals surface area contributed by atoms with E-state index in [0.29, 0.717) is 10.6 Å². The van der Waals surface area contributed by atoms with Gasteiger partial charge in [0.25, 0.3) is 0 Å². The average Bonchev–Trinajstić information content (AvgIpc) is 2.48. The second-order valence-corrected chi connectivity index (χ2v) is 6.30. The Morgan fingerprint density at radius 3 is 2.73 bits per heavy atom. The van der Waals surface area contributed by atoms with Crippen molar-refractivity contribution in [3.8, 4) is 0 Å². The standard InChI is InChI=1S/C14H20B/c1-13-8-7-11-5-3-4-6-12(11)14(2,15-13)10-9-13/h3-6,11-12H,7-10H2,1-2H3. The summed E-state index contributed by atoms with van der Waals surface area (Å²) in [6.07, 6.45) is 15.0. The average molecular weight is 199 g/mol. The monoisotopic (exact) mass is 199 g/mol. The van der Waals surface area contributed by atoms with E-state index in [-0.39, 0.29) is 0 Å². The van der Waals surface area contributed by atoms with Crippen molar-refractivity contribution in [1.29, 1.82) is 0 Å². The number of hydrogen-bond donors (Lipinski definition) is 0. The van der Waals surface area contributed by atoms with E-state index in [0.717, 1.165) is 11.8 Å². The molecule has 3 aliphatic rings. The lowest BCUT2D eigenvalue weighted by Crippen LogP contribution is -2.27. The minimum atomic E-state index is 0.469. The van der Waals surface area contributed by atoms with Crippen molar-refractivity contribution in [3.05, 3.63) is 24.3 Å². The molecule has 4 atom stereocenters. The van der Waals surface area contributed by atoms with E-state index < -0.39 is 0 Å². The molecule has 2 fully saturated rings. The molecule has 2 saturated heterocycles. The summed E-state index contributed by atoms with van der Waals surface area (Å²) in [7, 11) is 2.69. The third kappa shape index (κ3) is 1.43. The predicted molar refractivity (Wildman–Crippen MR) is 66.2 cm³/mol. The van der Waals surface area contributed by atoms with Gasteiger partial charge >= 0.3 is 0 Å². The summed E-state index contributed by atoms with van der Waals surface area (Å²) in [6, 6.07) is 0. The first-order chi connectivity index (χ1) is 7.11. The van der Waals surface area contributed by atoms with Crippen LogP contribution in [-0.2, 0) is 0 Å². The van der Waals surface area contributed by atoms with Gasteiger partial charge in [-0.15, -0.1) is 0 Å². The summed E-state index contributed by atoms with van der Waals surface area (Å²) in [6.45, 7) is 4.94. The van der Waals surface area contributed by atoms with Gasteiger partial charge in [-0.2, -0.15) is 0 Å². The van der Waals surface area contributed by atoms with Crippen molar-refractivity contribution in [1.82, 2.24) is 0 Å². The smallest absolute Gasteiger partial charge is 0.0810 e. The lowest BCUT2D eigenvalue weighted by atomic mass is 9.42. The lowest BCUT2D eigenvalue weighted by molar-refractivity contribution is 0.301. The first-order valence-electron chi connectivity index (χ1n) is 6.33. The molecule has 1 aliphatic carbocycles. The summed E-state index contributed by atoms with van der Waals surface area (Å²) in [5.74, 6) is 1.57. The van der Waals surface area contributed by atoms with Gasteiger partial charge in [-0.3, -0.25) is 0 Å². The zero-order valence-electron chi connectivity index (χ0n) is 9.87. The van der Waals surface area contributed by atoms with E-state index in [1.54, 1.807) is 0 Å². The summed E-state index contributed by atoms with van der Waals surface area (Å²) < 4.78 is 0. The van der Waals surface area contributed by atoms with Gasteiger partial charge in [0.2, 0.25) is 0 Å². The highest BCUT2D eigenvalue weighted by molar-refractivity contribution is 6.45. The summed E-state index contributed by atoms with van der Waals surface area (Å²) >= 11 is 0. The molecule has 0 N–H and O–H groups in total. The minimum Gasteiger partial charge on any atom is -0.0810 e. The van der Waals surface area contributed by atoms with Crippen LogP contribution in [0.5, 0.6) is 0 Å². The van der Waals surface area contributed by atoms with Gasteiger partial charge in [0.15, 0.2) is 0 Å². The van der Waals surface area contributed by atoms with Crippen LogP contribution in [0, 0.1) is 11.8 Å². The molecule has 2 heterocycles. The molecule has 2 aliphatic heterocycles. The number of allylic oxidation sites excluding steroid dienone is 4. The fourth-order valence-corrected chi connectivity index (χ4v) is 4.09. The molecule has 0 aromatic rings. The van der Waals surface area contributed by atoms with E-state index in [1.165, 1.54) is 25.7 Å². The van der Waals surface area contributed by atoms with Crippen LogP contribution in [0.3, 0.4) is 0 Å². The Morgan fingerprint density at radius 1 is 1.07 bits per heavy atom. The normalized spacial score (nSPS) is 52.1. The Labute approximate surface area is 94.1 Å². The van der Waals surface area contributed by atoms with Crippen molar-refractivity contribution >= 4 is 7.28 Å². The topological polar surface area (TPSA) is 0 Å². The molecular weight excluding hydrogens is 179 g/mol. The molecule has 4 unspecified atom stereocenters. The molecule has 2 bridgehead atoms. The van der Waals surface area contributed by atoms with Crippen LogP contribution in [0.1, 0.15) is 39.5 Å². The molecule has 1 heteroatoms. The van der Waals surface area contributed by atoms with E-state index in [9.17, 15) is 0 Å². The molecular formula is C14H20B. The molecule has 0 aromatic heterocycles. The number of rotatable bonds is 0. The van der Waals surface area contributed by atoms with Crippen molar-refractivity contribution < 1.29 is 0 Å². The lowest BCUT2D eigenvalue weighted by Gasteiger charge is -2.37. The van der Waals surface area contributed by atoms with Gasteiger partial charge in [-0.25, -0.2) is 0 Å². The van der Waals surface area contributed by atoms with Crippen LogP contribution >= 0.6 is 0 Å². The molecule has 0 spiro atoms. The second-order valence-electron chi connectivity index (χ2n) is 6.30. The highest BCUT2D eigenvalue weighted by atomic mass is 14.5. The zero-order valence-corrected chi connectivity index (χ0v) is 9.87. The largest absolute Gasteiger partial charge is 0.126 e. The third-order valence-corrected chi connectivity index (χ3v) is 4.97. The minimum absolute atomic E-state index is 0.469. The van der Waals surface area contributed by atoms with Gasteiger partial charge in [0.05, 0.1) is 0 Å². The Morgan fingerprint density at radius 2 is 1.87 bits per heavy atom. The maximum absolute atomic E-state index is 2.69. The Bertz CT molecular complexity index is 330. The van der Waals surface area contributed by atoms with E-state index >= 15 is 0 Å². The van der Waals surface area contributed by atoms with Crippen molar-refractivity contribution in [3.63, 3.8) is 0 Å². The zero-order chi connectivity index (χ0) is 10.5. The summed E-state index contributed by atoms with van der Waals surface area (Å²) in [5, 5.41) is 1.00. The summed E-state index contributed by atoms with van der Waals surface area (Å²) in [5.41, 5.74) is 0. The van der Waals surface area contributed by atoms with Crippen molar-refractivity contribution in [2.45, 2.75) is 50.2 Å². The fourth-order valence-electron chi connectivity index (χ4n) is 4.09. The van der Waals surface area contributed by atoms with Gasteiger partial charge in [-0.05, 0) is 18.3 Å². The fraction of sp³-hybridized carbons (Fsp3) is 0.714. The van der Waals surface area contributed by atoms with Gasteiger partial charge in [-0.1, -0.05) is 68.0 Å². The van der Waals surface area contributed by atoms with E-state index in [4.69, 9.17) is 0 Å². The molecule has 15 heavy (non-hydrogen) atoms. The maximum Gasteiger partial charge on any atom is 0.126 e. The van der Waals surface area contributed by atoms with Crippen LogP contribution < -0.4 is 0 Å². The van der Waals surface area contributed by atoms with Crippen LogP contribution in [0.15, 0.2) is 24.3 Å². The SMILES string of the molecule is CC12[B]C(C)(CC1)C1C=CC=CC1CC2. The van der Waals surface area contributed by atoms with Gasteiger partial charge in [0.1, 0.15) is 7.28 Å². The van der Waals surface area contributed by atoms with Crippen LogP contribution in [0.25, 0.3) is 0 Å². The number of fused-ring (bicyclic) bond motifs is 4. The molecule has 3 rings (SSSR count). The quantitative estimate of drug-likeness (QED) is 0.517. The molecule has 0 saturated carbocycles. The van der Waals surface area contributed by atoms with E-state index in [1.807, 2.05) is 0 Å². The maximum atomic E-state index is 2.69. The van der Waals surface area contributed by atoms with Crippen LogP contribution in [0.2, 0.25) is 10.6 Å². The molecule has 1 radical (unpaired) electrons. The van der Waals surface area contributed by atoms with Crippen LogP contribution in [-0.4, -0.2) is 7.28 Å². The van der Waals surface area contributed by atoms with Gasteiger partial charge < -0.3 is 0 Å². The molecule has 79 valence electrons. The molecule has 0 amide bonds. The Balaban J connectivity index is 1.98. The summed E-state index contributed by atoms with van der Waals surface area (Å²) in [4.78, 5) is 0. The third-order valence-electron chi connectivity index (χ3n) is 4.97. The molecule has 0 nitrogen and oxygen atoms in total. The second kappa shape index (κ2) is 3.03. The van der Waals surface area contributed by atoms with Gasteiger partial charge in [0, 0.05) is 0 Å². The number of hydrogen-bond acceptors (Lipinski definition) is 0. The van der Waals surface area contributed by atoms with Crippen molar-refractivity contribution in [2.75, 3.05) is 0 Å². The van der Waals surface area contributed by atoms with Crippen LogP contribution in [0.4, 0.5) is 0 Å². The Kier molecular flexibility index (Phi) is 1.97. The highest BCUT2D eigenvalue weighted by Gasteiger charge is 2.51. The van der Waals surface area contributed by atoms with E-state index in [2.05, 4.69) is 45.4 Å². The Hall–Kier alpha value is -0.455.